The molecule has 1 N–H and O–H groups in total. The van der Waals surface area contributed by atoms with E-state index in [1.54, 1.807) is 6.07 Å². The molecule has 0 atom stereocenters. The van der Waals surface area contributed by atoms with Crippen LogP contribution in [0, 0.1) is 0 Å². The lowest BCUT2D eigenvalue weighted by Crippen LogP contribution is -2.07. The molecule has 0 aromatic heterocycles. The molecule has 0 aliphatic rings. The highest BCUT2D eigenvalue weighted by Gasteiger charge is 2.18. The highest BCUT2D eigenvalue weighted by atomic mass is 35.5. The highest BCUT2D eigenvalue weighted by Crippen LogP contribution is 2.35. The Hall–Kier alpha value is -1.42. The summed E-state index contributed by atoms with van der Waals surface area (Å²) < 4.78 is 10.9. The van der Waals surface area contributed by atoms with Gasteiger partial charge in [0.15, 0.2) is 11.5 Å². The predicted octanol–water partition coefficient (Wildman–Crippen LogP) is 3.62. The van der Waals surface area contributed by atoms with Gasteiger partial charge in [-0.1, -0.05) is 24.9 Å². The van der Waals surface area contributed by atoms with Crippen LogP contribution in [-0.4, -0.2) is 24.3 Å². The van der Waals surface area contributed by atoms with Crippen molar-refractivity contribution in [1.82, 2.24) is 0 Å². The molecule has 0 fully saturated rings. The van der Waals surface area contributed by atoms with Gasteiger partial charge in [0.05, 0.1) is 13.2 Å². The minimum absolute atomic E-state index is 0.0297. The number of unbranched alkanes of at least 4 members (excludes halogenated alkanes) is 1. The van der Waals surface area contributed by atoms with E-state index in [1.807, 2.05) is 13.8 Å². The Labute approximate surface area is 111 Å². The molecule has 0 heterocycles. The minimum atomic E-state index is -1.08. The largest absolute Gasteiger partial charge is 0.490 e. The first-order chi connectivity index (χ1) is 8.60. The fourth-order valence-corrected chi connectivity index (χ4v) is 1.67. The van der Waals surface area contributed by atoms with E-state index in [1.165, 1.54) is 6.07 Å². The molecule has 0 bridgehead atoms. The summed E-state index contributed by atoms with van der Waals surface area (Å²) in [6, 6.07) is 2.94. The van der Waals surface area contributed by atoms with Gasteiger partial charge in [0.1, 0.15) is 5.56 Å². The van der Waals surface area contributed by atoms with Crippen LogP contribution in [-0.2, 0) is 0 Å². The summed E-state index contributed by atoms with van der Waals surface area (Å²) in [5, 5.41) is 9.46. The summed E-state index contributed by atoms with van der Waals surface area (Å²) in [7, 11) is 0. The fraction of sp³-hybridized carbons (Fsp3) is 0.462. The Kier molecular flexibility index (Phi) is 5.78. The first kappa shape index (κ1) is 14.6. The van der Waals surface area contributed by atoms with E-state index in [0.29, 0.717) is 24.0 Å². The lowest BCUT2D eigenvalue weighted by atomic mass is 10.2. The van der Waals surface area contributed by atoms with Gasteiger partial charge in [0.25, 0.3) is 0 Å². The second kappa shape index (κ2) is 7.11. The average molecular weight is 273 g/mol. The van der Waals surface area contributed by atoms with Crippen LogP contribution >= 0.6 is 11.6 Å². The molecule has 0 saturated carbocycles. The Bertz CT molecular complexity index is 418. The summed E-state index contributed by atoms with van der Waals surface area (Å²) in [6.07, 6.45) is 1.83. The highest BCUT2D eigenvalue weighted by molar-refractivity contribution is 6.31. The molecule has 0 aliphatic heterocycles. The molecule has 0 saturated heterocycles. The van der Waals surface area contributed by atoms with Crippen LogP contribution in [0.25, 0.3) is 0 Å². The van der Waals surface area contributed by atoms with Gasteiger partial charge in [-0.25, -0.2) is 4.79 Å². The molecule has 1 aromatic carbocycles. The maximum atomic E-state index is 11.2. The Balaban J connectivity index is 3.09. The topological polar surface area (TPSA) is 55.8 Å². The molecule has 1 aromatic rings. The molecule has 0 spiro atoms. The molecule has 1 rings (SSSR count). The fourth-order valence-electron chi connectivity index (χ4n) is 1.46. The molecular formula is C13H17ClO4. The van der Waals surface area contributed by atoms with Crippen LogP contribution in [0.3, 0.4) is 0 Å². The van der Waals surface area contributed by atoms with E-state index in [-0.39, 0.29) is 11.3 Å². The average Bonchev–Trinajstić information content (AvgIpc) is 2.31. The summed E-state index contributed by atoms with van der Waals surface area (Å²) >= 11 is 5.86. The number of carbonyl (C=O) groups is 1. The van der Waals surface area contributed by atoms with Crippen molar-refractivity contribution in [3.8, 4) is 11.5 Å². The Morgan fingerprint density at radius 1 is 1.33 bits per heavy atom. The number of hydrogen-bond donors (Lipinski definition) is 1. The van der Waals surface area contributed by atoms with Crippen LogP contribution in [0.4, 0.5) is 0 Å². The zero-order valence-electron chi connectivity index (χ0n) is 10.5. The zero-order valence-corrected chi connectivity index (χ0v) is 11.3. The van der Waals surface area contributed by atoms with Crippen LogP contribution in [0.15, 0.2) is 12.1 Å². The van der Waals surface area contributed by atoms with Gasteiger partial charge in [-0.05, 0) is 19.4 Å². The molecule has 100 valence electrons. The maximum absolute atomic E-state index is 11.2. The third-order valence-corrected chi connectivity index (χ3v) is 2.51. The minimum Gasteiger partial charge on any atom is -0.490 e. The second-order valence-corrected chi connectivity index (χ2v) is 4.16. The Morgan fingerprint density at radius 3 is 2.61 bits per heavy atom. The van der Waals surface area contributed by atoms with Gasteiger partial charge >= 0.3 is 5.97 Å². The molecule has 18 heavy (non-hydrogen) atoms. The molecule has 0 aliphatic carbocycles. The Morgan fingerprint density at radius 2 is 2.06 bits per heavy atom. The van der Waals surface area contributed by atoms with Crippen molar-refractivity contribution < 1.29 is 19.4 Å². The van der Waals surface area contributed by atoms with Crippen molar-refractivity contribution in [3.63, 3.8) is 0 Å². The maximum Gasteiger partial charge on any atom is 0.339 e. The van der Waals surface area contributed by atoms with Crippen molar-refractivity contribution >= 4 is 17.6 Å². The number of carboxylic acids is 1. The first-order valence-corrected chi connectivity index (χ1v) is 6.30. The van der Waals surface area contributed by atoms with E-state index in [0.717, 1.165) is 12.8 Å². The van der Waals surface area contributed by atoms with E-state index in [4.69, 9.17) is 26.2 Å². The van der Waals surface area contributed by atoms with Gasteiger partial charge in [-0.2, -0.15) is 0 Å². The first-order valence-electron chi connectivity index (χ1n) is 5.92. The summed E-state index contributed by atoms with van der Waals surface area (Å²) in [6.45, 7) is 4.73. The monoisotopic (exact) mass is 272 g/mol. The molecule has 4 nitrogen and oxygen atoms in total. The van der Waals surface area contributed by atoms with Crippen molar-refractivity contribution in [3.05, 3.63) is 22.7 Å². The van der Waals surface area contributed by atoms with Gasteiger partial charge in [0, 0.05) is 11.1 Å². The van der Waals surface area contributed by atoms with Crippen LogP contribution in [0.5, 0.6) is 11.5 Å². The SMILES string of the molecule is CCCCOc1c(OCC)cc(Cl)cc1C(=O)O. The van der Waals surface area contributed by atoms with Crippen molar-refractivity contribution in [2.75, 3.05) is 13.2 Å². The third-order valence-electron chi connectivity index (χ3n) is 2.29. The van der Waals surface area contributed by atoms with Crippen LogP contribution < -0.4 is 9.47 Å². The number of aromatic carboxylic acids is 1. The van der Waals surface area contributed by atoms with Crippen LogP contribution in [0.1, 0.15) is 37.0 Å². The normalized spacial score (nSPS) is 10.2. The van der Waals surface area contributed by atoms with Gasteiger partial charge in [0.2, 0.25) is 0 Å². The smallest absolute Gasteiger partial charge is 0.339 e. The van der Waals surface area contributed by atoms with Crippen molar-refractivity contribution in [2.45, 2.75) is 26.7 Å². The van der Waals surface area contributed by atoms with Crippen molar-refractivity contribution in [2.24, 2.45) is 0 Å². The molecule has 0 amide bonds. The number of ether oxygens (including phenoxy) is 2. The molecule has 0 unspecified atom stereocenters. The standard InChI is InChI=1S/C13H17ClO4/c1-3-5-6-18-12-10(13(15)16)7-9(14)8-11(12)17-4-2/h7-8H,3-6H2,1-2H3,(H,15,16). The lowest BCUT2D eigenvalue weighted by Gasteiger charge is -2.14. The number of halogens is 1. The van der Waals surface area contributed by atoms with Crippen molar-refractivity contribution in [1.29, 1.82) is 0 Å². The molecular weight excluding hydrogens is 256 g/mol. The quantitative estimate of drug-likeness (QED) is 0.770. The number of rotatable bonds is 7. The van der Waals surface area contributed by atoms with Gasteiger partial charge < -0.3 is 14.6 Å². The van der Waals surface area contributed by atoms with E-state index < -0.39 is 5.97 Å². The third kappa shape index (κ3) is 3.81. The summed E-state index contributed by atoms with van der Waals surface area (Å²) in [4.78, 5) is 11.2. The van der Waals surface area contributed by atoms with E-state index in [2.05, 4.69) is 0 Å². The lowest BCUT2D eigenvalue weighted by molar-refractivity contribution is 0.0691. The zero-order chi connectivity index (χ0) is 13.5. The molecule has 5 heteroatoms. The predicted molar refractivity (Wildman–Crippen MR) is 70.0 cm³/mol. The summed E-state index contributed by atoms with van der Waals surface area (Å²) in [5.41, 5.74) is 0.0297. The van der Waals surface area contributed by atoms with Gasteiger partial charge in [-0.3, -0.25) is 0 Å². The van der Waals surface area contributed by atoms with Crippen LogP contribution in [0.2, 0.25) is 5.02 Å². The number of carboxylic acid groups (broad SMARTS) is 1. The number of hydrogen-bond acceptors (Lipinski definition) is 3. The second-order valence-electron chi connectivity index (χ2n) is 3.72. The summed E-state index contributed by atoms with van der Waals surface area (Å²) in [5.74, 6) is -0.453. The van der Waals surface area contributed by atoms with E-state index in [9.17, 15) is 4.79 Å². The van der Waals surface area contributed by atoms with E-state index >= 15 is 0 Å². The number of benzene rings is 1. The van der Waals surface area contributed by atoms with Gasteiger partial charge in [-0.15, -0.1) is 0 Å². The molecule has 0 radical (unpaired) electrons.